The van der Waals surface area contributed by atoms with Crippen LogP contribution in [0.5, 0.6) is 5.75 Å². The minimum Gasteiger partial charge on any atom is -0.507 e. The molecule has 3 aromatic carbocycles. The summed E-state index contributed by atoms with van der Waals surface area (Å²) in [5.41, 5.74) is 7.35. The van der Waals surface area contributed by atoms with Gasteiger partial charge in [0.25, 0.3) is 5.91 Å². The Bertz CT molecular complexity index is 1250. The molecular formula is C24H20BrN3O2. The number of carbonyl (C=O) groups is 1. The average molecular weight is 462 g/mol. The van der Waals surface area contributed by atoms with Gasteiger partial charge in [0, 0.05) is 34.3 Å². The quantitative estimate of drug-likeness (QED) is 0.315. The van der Waals surface area contributed by atoms with E-state index in [2.05, 4.69) is 62.2 Å². The second-order valence-electron chi connectivity index (χ2n) is 6.95. The maximum Gasteiger partial charge on any atom is 0.271 e. The number of para-hydroxylation sites is 1. The first-order chi connectivity index (χ1) is 14.5. The van der Waals surface area contributed by atoms with Crippen LogP contribution in [0, 0.1) is 6.92 Å². The molecule has 0 bridgehead atoms. The number of phenols is 1. The molecule has 0 saturated heterocycles. The Morgan fingerprint density at radius 1 is 1.10 bits per heavy atom. The van der Waals surface area contributed by atoms with Gasteiger partial charge in [-0.05, 0) is 52.7 Å². The zero-order valence-corrected chi connectivity index (χ0v) is 17.9. The van der Waals surface area contributed by atoms with Crippen molar-refractivity contribution in [2.75, 3.05) is 0 Å². The van der Waals surface area contributed by atoms with Gasteiger partial charge < -0.3 is 9.67 Å². The molecule has 1 amide bonds. The number of amides is 1. The highest BCUT2D eigenvalue weighted by Gasteiger charge is 2.13. The molecule has 30 heavy (non-hydrogen) atoms. The standard InChI is InChI=1S/C24H20BrN3O2/c1-16-20(14-26-27-24(30)18-11-12-23(29)21(25)13-18)19-9-5-6-10-22(19)28(16)15-17-7-3-2-4-8-17/h2-14,29H,15H2,1H3,(H,27,30)/b26-14+. The topological polar surface area (TPSA) is 66.6 Å². The Kier molecular flexibility index (Phi) is 5.68. The molecule has 0 spiro atoms. The van der Waals surface area contributed by atoms with E-state index in [1.165, 1.54) is 11.6 Å². The zero-order valence-electron chi connectivity index (χ0n) is 16.3. The number of fused-ring (bicyclic) bond motifs is 1. The number of aromatic nitrogens is 1. The monoisotopic (exact) mass is 461 g/mol. The van der Waals surface area contributed by atoms with E-state index in [1.807, 2.05) is 30.3 Å². The average Bonchev–Trinajstić information content (AvgIpc) is 3.02. The van der Waals surface area contributed by atoms with E-state index in [0.29, 0.717) is 10.0 Å². The van der Waals surface area contributed by atoms with Gasteiger partial charge in [-0.2, -0.15) is 5.10 Å². The second-order valence-corrected chi connectivity index (χ2v) is 7.81. The molecule has 4 aromatic rings. The lowest BCUT2D eigenvalue weighted by atomic mass is 10.1. The molecular weight excluding hydrogens is 442 g/mol. The number of hydrazone groups is 1. The summed E-state index contributed by atoms with van der Waals surface area (Å²) >= 11 is 3.21. The largest absolute Gasteiger partial charge is 0.507 e. The third-order valence-corrected chi connectivity index (χ3v) is 5.67. The molecule has 0 atom stereocenters. The highest BCUT2D eigenvalue weighted by atomic mass is 79.9. The lowest BCUT2D eigenvalue weighted by Gasteiger charge is -2.08. The number of hydrogen-bond donors (Lipinski definition) is 2. The molecule has 1 heterocycles. The van der Waals surface area contributed by atoms with Crippen molar-refractivity contribution < 1.29 is 9.90 Å². The van der Waals surface area contributed by atoms with Gasteiger partial charge in [0.15, 0.2) is 0 Å². The van der Waals surface area contributed by atoms with E-state index >= 15 is 0 Å². The van der Waals surface area contributed by atoms with Gasteiger partial charge in [-0.1, -0.05) is 48.5 Å². The molecule has 5 nitrogen and oxygen atoms in total. The van der Waals surface area contributed by atoms with Crippen LogP contribution < -0.4 is 5.43 Å². The Balaban J connectivity index is 1.61. The Labute approximate surface area is 182 Å². The Hall–Kier alpha value is -3.38. The van der Waals surface area contributed by atoms with Gasteiger partial charge in [0.05, 0.1) is 10.7 Å². The summed E-state index contributed by atoms with van der Waals surface area (Å²) in [5, 5.41) is 14.8. The van der Waals surface area contributed by atoms with Crippen molar-refractivity contribution in [2.24, 2.45) is 5.10 Å². The highest BCUT2D eigenvalue weighted by Crippen LogP contribution is 2.26. The second kappa shape index (κ2) is 8.55. The van der Waals surface area contributed by atoms with Crippen molar-refractivity contribution in [2.45, 2.75) is 13.5 Å². The van der Waals surface area contributed by atoms with Crippen molar-refractivity contribution in [3.05, 3.63) is 99.7 Å². The van der Waals surface area contributed by atoms with Gasteiger partial charge in [0.1, 0.15) is 5.75 Å². The minimum atomic E-state index is -0.349. The van der Waals surface area contributed by atoms with Gasteiger partial charge in [-0.25, -0.2) is 5.43 Å². The summed E-state index contributed by atoms with van der Waals surface area (Å²) < 4.78 is 2.71. The van der Waals surface area contributed by atoms with Gasteiger partial charge in [-0.15, -0.1) is 0 Å². The number of nitrogens with zero attached hydrogens (tertiary/aromatic N) is 2. The molecule has 0 unspecified atom stereocenters. The van der Waals surface area contributed by atoms with Crippen molar-refractivity contribution in [3.63, 3.8) is 0 Å². The fourth-order valence-corrected chi connectivity index (χ4v) is 3.84. The number of nitrogens with one attached hydrogen (secondary N) is 1. The summed E-state index contributed by atoms with van der Waals surface area (Å²) in [6.45, 7) is 2.82. The SMILES string of the molecule is Cc1c(/C=N/NC(=O)c2ccc(O)c(Br)c2)c2ccccc2n1Cc1ccccc1. The van der Waals surface area contributed by atoms with Crippen LogP contribution >= 0.6 is 15.9 Å². The molecule has 150 valence electrons. The van der Waals surface area contributed by atoms with E-state index in [1.54, 1.807) is 18.3 Å². The third-order valence-electron chi connectivity index (χ3n) is 5.03. The molecule has 0 aliphatic carbocycles. The molecule has 0 saturated carbocycles. The fraction of sp³-hybridized carbons (Fsp3) is 0.0833. The maximum absolute atomic E-state index is 12.4. The highest BCUT2D eigenvalue weighted by molar-refractivity contribution is 9.10. The molecule has 1 aromatic heterocycles. The summed E-state index contributed by atoms with van der Waals surface area (Å²) in [4.78, 5) is 12.4. The van der Waals surface area contributed by atoms with Crippen LogP contribution in [-0.2, 0) is 6.54 Å². The van der Waals surface area contributed by atoms with Crippen LogP contribution in [0.2, 0.25) is 0 Å². The van der Waals surface area contributed by atoms with E-state index in [9.17, 15) is 9.90 Å². The summed E-state index contributed by atoms with van der Waals surface area (Å²) in [5.74, 6) is -0.269. The van der Waals surface area contributed by atoms with E-state index < -0.39 is 0 Å². The van der Waals surface area contributed by atoms with Crippen LogP contribution in [0.1, 0.15) is 27.2 Å². The zero-order chi connectivity index (χ0) is 21.1. The summed E-state index contributed by atoms with van der Waals surface area (Å²) in [6.07, 6.45) is 1.69. The van der Waals surface area contributed by atoms with Crippen LogP contribution in [0.4, 0.5) is 0 Å². The fourth-order valence-electron chi connectivity index (χ4n) is 3.46. The van der Waals surface area contributed by atoms with Gasteiger partial charge >= 0.3 is 0 Å². The van der Waals surface area contributed by atoms with Crippen molar-refractivity contribution in [1.82, 2.24) is 9.99 Å². The Morgan fingerprint density at radius 3 is 2.60 bits per heavy atom. The van der Waals surface area contributed by atoms with E-state index in [0.717, 1.165) is 28.7 Å². The lowest BCUT2D eigenvalue weighted by molar-refractivity contribution is 0.0955. The normalized spacial score (nSPS) is 11.3. The number of benzene rings is 3. The minimum absolute atomic E-state index is 0.0805. The molecule has 2 N–H and O–H groups in total. The number of halogens is 1. The summed E-state index contributed by atoms with van der Waals surface area (Å²) in [7, 11) is 0. The first-order valence-electron chi connectivity index (χ1n) is 9.48. The number of phenolic OH excluding ortho intramolecular Hbond substituents is 1. The van der Waals surface area contributed by atoms with Crippen LogP contribution in [0.15, 0.2) is 82.4 Å². The predicted octanol–water partition coefficient (Wildman–Crippen LogP) is 5.23. The van der Waals surface area contributed by atoms with Crippen LogP contribution in [-0.4, -0.2) is 21.8 Å². The molecule has 6 heteroatoms. The molecule has 0 aliphatic heterocycles. The molecule has 0 fully saturated rings. The van der Waals surface area contributed by atoms with Gasteiger partial charge in [-0.3, -0.25) is 4.79 Å². The number of hydrogen-bond acceptors (Lipinski definition) is 3. The van der Waals surface area contributed by atoms with E-state index in [-0.39, 0.29) is 11.7 Å². The predicted molar refractivity (Wildman–Crippen MR) is 123 cm³/mol. The van der Waals surface area contributed by atoms with Crippen LogP contribution in [0.3, 0.4) is 0 Å². The van der Waals surface area contributed by atoms with Crippen molar-refractivity contribution in [3.8, 4) is 5.75 Å². The van der Waals surface area contributed by atoms with E-state index in [4.69, 9.17) is 0 Å². The van der Waals surface area contributed by atoms with Crippen LogP contribution in [0.25, 0.3) is 10.9 Å². The first-order valence-corrected chi connectivity index (χ1v) is 10.3. The molecule has 4 rings (SSSR count). The lowest BCUT2D eigenvalue weighted by Crippen LogP contribution is -2.17. The van der Waals surface area contributed by atoms with Crippen molar-refractivity contribution in [1.29, 1.82) is 0 Å². The Morgan fingerprint density at radius 2 is 1.83 bits per heavy atom. The van der Waals surface area contributed by atoms with Crippen molar-refractivity contribution >= 4 is 39.0 Å². The number of carbonyl (C=O) groups excluding carboxylic acids is 1. The number of rotatable bonds is 5. The smallest absolute Gasteiger partial charge is 0.271 e. The third kappa shape index (κ3) is 4.00. The summed E-state index contributed by atoms with van der Waals surface area (Å²) in [6, 6.07) is 23.0. The number of aromatic hydroxyl groups is 1. The molecule has 0 aliphatic rings. The first kappa shape index (κ1) is 19.9. The molecule has 0 radical (unpaired) electrons. The maximum atomic E-state index is 12.4. The van der Waals surface area contributed by atoms with Gasteiger partial charge in [0.2, 0.25) is 0 Å².